The van der Waals surface area contributed by atoms with Gasteiger partial charge in [-0.2, -0.15) is 5.10 Å². The molecule has 1 aromatic carbocycles. The van der Waals surface area contributed by atoms with Crippen molar-refractivity contribution in [3.63, 3.8) is 0 Å². The predicted octanol–water partition coefficient (Wildman–Crippen LogP) is 3.03. The lowest BCUT2D eigenvalue weighted by Crippen LogP contribution is -2.43. The topological polar surface area (TPSA) is 133 Å². The quantitative estimate of drug-likeness (QED) is 0.434. The number of amides is 1. The SMILES string of the molecule is COCc1nn(C2CCN(C(=O)C(C)O)CC2)cc1-c1cnc(N)c(-c2nc3ccccc3o2)c1. The molecular formula is C25H28N6O4. The van der Waals surface area contributed by atoms with Gasteiger partial charge >= 0.3 is 0 Å². The van der Waals surface area contributed by atoms with Gasteiger partial charge in [-0.15, -0.1) is 0 Å². The van der Waals surface area contributed by atoms with Crippen molar-refractivity contribution < 1.29 is 19.1 Å². The van der Waals surface area contributed by atoms with E-state index < -0.39 is 6.10 Å². The lowest BCUT2D eigenvalue weighted by Gasteiger charge is -2.32. The van der Waals surface area contributed by atoms with E-state index in [-0.39, 0.29) is 11.9 Å². The average Bonchev–Trinajstić information content (AvgIpc) is 3.49. The van der Waals surface area contributed by atoms with E-state index in [9.17, 15) is 9.90 Å². The van der Waals surface area contributed by atoms with Crippen molar-refractivity contribution in [2.75, 3.05) is 25.9 Å². The summed E-state index contributed by atoms with van der Waals surface area (Å²) in [6.45, 7) is 2.99. The monoisotopic (exact) mass is 476 g/mol. The van der Waals surface area contributed by atoms with Crippen LogP contribution in [0.15, 0.2) is 47.1 Å². The summed E-state index contributed by atoms with van der Waals surface area (Å²) in [7, 11) is 1.63. The fourth-order valence-electron chi connectivity index (χ4n) is 4.50. The fraction of sp³-hybridized carbons (Fsp3) is 0.360. The first-order valence-electron chi connectivity index (χ1n) is 11.6. The Hall–Kier alpha value is -3.76. The van der Waals surface area contributed by atoms with Crippen molar-refractivity contribution in [2.45, 2.75) is 38.5 Å². The van der Waals surface area contributed by atoms with E-state index in [4.69, 9.17) is 20.0 Å². The highest BCUT2D eigenvalue weighted by molar-refractivity contribution is 5.81. The number of para-hydroxylation sites is 2. The molecule has 0 radical (unpaired) electrons. The summed E-state index contributed by atoms with van der Waals surface area (Å²) in [6, 6.07) is 9.60. The summed E-state index contributed by atoms with van der Waals surface area (Å²) in [6.07, 6.45) is 4.23. The molecule has 4 heterocycles. The number of carbonyl (C=O) groups is 1. The Morgan fingerprint density at radius 3 is 2.77 bits per heavy atom. The third kappa shape index (κ3) is 4.50. The van der Waals surface area contributed by atoms with Crippen LogP contribution in [-0.2, 0) is 16.1 Å². The highest BCUT2D eigenvalue weighted by atomic mass is 16.5. The molecular weight excluding hydrogens is 448 g/mol. The van der Waals surface area contributed by atoms with E-state index in [2.05, 4.69) is 9.97 Å². The van der Waals surface area contributed by atoms with Crippen molar-refractivity contribution in [3.8, 4) is 22.6 Å². The summed E-state index contributed by atoms with van der Waals surface area (Å²) in [5, 5.41) is 14.4. The minimum Gasteiger partial charge on any atom is -0.436 e. The Bertz CT molecular complexity index is 1320. The maximum Gasteiger partial charge on any atom is 0.251 e. The largest absolute Gasteiger partial charge is 0.436 e. The maximum atomic E-state index is 12.1. The number of carbonyl (C=O) groups excluding carboxylic acids is 1. The van der Waals surface area contributed by atoms with Crippen molar-refractivity contribution in [1.29, 1.82) is 0 Å². The number of hydrogen-bond donors (Lipinski definition) is 2. The standard InChI is InChI=1S/C25H28N6O4/c1-15(32)25(33)30-9-7-17(8-10-30)31-13-19(21(29-31)14-34-2)16-11-18(23(26)27-12-16)24-28-20-5-3-4-6-22(20)35-24/h3-6,11-13,15,17,32H,7-10,14H2,1-2H3,(H2,26,27). The zero-order chi connectivity index (χ0) is 24.5. The third-order valence-electron chi connectivity index (χ3n) is 6.35. The third-order valence-corrected chi connectivity index (χ3v) is 6.35. The van der Waals surface area contributed by atoms with Crippen molar-refractivity contribution >= 4 is 22.8 Å². The minimum absolute atomic E-state index is 0.135. The van der Waals surface area contributed by atoms with Crippen LogP contribution in [0.1, 0.15) is 31.5 Å². The number of pyridine rings is 1. The Balaban J connectivity index is 1.45. The molecule has 1 atom stereocenters. The zero-order valence-corrected chi connectivity index (χ0v) is 19.7. The van der Waals surface area contributed by atoms with Gasteiger partial charge in [0.1, 0.15) is 17.4 Å². The molecule has 1 amide bonds. The number of nitrogens with two attached hydrogens (primary N) is 1. The number of nitrogens with zero attached hydrogens (tertiary/aromatic N) is 5. The number of nitrogen functional groups attached to an aromatic ring is 1. The van der Waals surface area contributed by atoms with Crippen LogP contribution in [0.2, 0.25) is 0 Å². The molecule has 4 aromatic rings. The van der Waals surface area contributed by atoms with Gasteiger partial charge in [0.05, 0.1) is 23.9 Å². The van der Waals surface area contributed by atoms with Crippen molar-refractivity contribution in [1.82, 2.24) is 24.6 Å². The van der Waals surface area contributed by atoms with Crippen LogP contribution in [0.5, 0.6) is 0 Å². The number of anilines is 1. The number of likely N-dealkylation sites (tertiary alicyclic amines) is 1. The number of aliphatic hydroxyl groups excluding tert-OH is 1. The van der Waals surface area contributed by atoms with E-state index in [0.717, 1.165) is 35.2 Å². The highest BCUT2D eigenvalue weighted by Crippen LogP contribution is 2.34. The molecule has 0 saturated carbocycles. The number of rotatable bonds is 6. The van der Waals surface area contributed by atoms with E-state index in [1.54, 1.807) is 18.2 Å². The average molecular weight is 477 g/mol. The lowest BCUT2D eigenvalue weighted by atomic mass is 10.0. The van der Waals surface area contributed by atoms with Crippen LogP contribution in [0.25, 0.3) is 33.7 Å². The molecule has 0 spiro atoms. The molecule has 1 saturated heterocycles. The first-order chi connectivity index (χ1) is 16.9. The second kappa shape index (κ2) is 9.47. The number of piperidine rings is 1. The lowest BCUT2D eigenvalue weighted by molar-refractivity contribution is -0.140. The number of hydrogen-bond acceptors (Lipinski definition) is 8. The second-order valence-electron chi connectivity index (χ2n) is 8.78. The van der Waals surface area contributed by atoms with Gasteiger partial charge < -0.3 is 24.9 Å². The molecule has 3 N–H and O–H groups in total. The number of aliphatic hydroxyl groups is 1. The summed E-state index contributed by atoms with van der Waals surface area (Å²) < 4.78 is 13.3. The highest BCUT2D eigenvalue weighted by Gasteiger charge is 2.27. The van der Waals surface area contributed by atoms with Gasteiger partial charge in [-0.1, -0.05) is 12.1 Å². The van der Waals surface area contributed by atoms with E-state index >= 15 is 0 Å². The summed E-state index contributed by atoms with van der Waals surface area (Å²) in [4.78, 5) is 22.8. The number of aromatic nitrogens is 4. The molecule has 3 aromatic heterocycles. The van der Waals surface area contributed by atoms with Gasteiger partial charge in [0.2, 0.25) is 5.89 Å². The van der Waals surface area contributed by atoms with Gasteiger partial charge in [-0.25, -0.2) is 9.97 Å². The molecule has 1 fully saturated rings. The van der Waals surface area contributed by atoms with E-state index in [1.807, 2.05) is 41.2 Å². The van der Waals surface area contributed by atoms with Crippen molar-refractivity contribution in [3.05, 3.63) is 48.4 Å². The van der Waals surface area contributed by atoms with Gasteiger partial charge in [-0.3, -0.25) is 9.48 Å². The Morgan fingerprint density at radius 1 is 1.29 bits per heavy atom. The van der Waals surface area contributed by atoms with Crippen LogP contribution in [0.3, 0.4) is 0 Å². The molecule has 10 heteroatoms. The fourth-order valence-corrected chi connectivity index (χ4v) is 4.50. The minimum atomic E-state index is -0.982. The summed E-state index contributed by atoms with van der Waals surface area (Å²) in [5.41, 5.74) is 10.7. The Labute approximate surface area is 202 Å². The first kappa shape index (κ1) is 23.0. The molecule has 1 aliphatic heterocycles. The van der Waals surface area contributed by atoms with Gasteiger partial charge in [0, 0.05) is 43.7 Å². The summed E-state index contributed by atoms with van der Waals surface area (Å²) >= 11 is 0. The smallest absolute Gasteiger partial charge is 0.251 e. The van der Waals surface area contributed by atoms with Crippen LogP contribution in [0, 0.1) is 0 Å². The number of oxazole rings is 1. The molecule has 0 bridgehead atoms. The van der Waals surface area contributed by atoms with Gasteiger partial charge in [0.15, 0.2) is 5.58 Å². The Morgan fingerprint density at radius 2 is 2.06 bits per heavy atom. The zero-order valence-electron chi connectivity index (χ0n) is 19.7. The molecule has 1 unspecified atom stereocenters. The van der Waals surface area contributed by atoms with Gasteiger partial charge in [-0.05, 0) is 38.0 Å². The molecule has 182 valence electrons. The number of benzene rings is 1. The molecule has 0 aliphatic carbocycles. The van der Waals surface area contributed by atoms with E-state index in [0.29, 0.717) is 42.6 Å². The van der Waals surface area contributed by atoms with Crippen LogP contribution < -0.4 is 5.73 Å². The van der Waals surface area contributed by atoms with Crippen LogP contribution in [0.4, 0.5) is 5.82 Å². The number of fused-ring (bicyclic) bond motifs is 1. The number of methoxy groups -OCH3 is 1. The maximum absolute atomic E-state index is 12.1. The van der Waals surface area contributed by atoms with E-state index in [1.165, 1.54) is 6.92 Å². The summed E-state index contributed by atoms with van der Waals surface area (Å²) in [5.74, 6) is 0.509. The van der Waals surface area contributed by atoms with Crippen molar-refractivity contribution in [2.24, 2.45) is 0 Å². The predicted molar refractivity (Wildman–Crippen MR) is 130 cm³/mol. The number of ether oxygens (including phenoxy) is 1. The second-order valence-corrected chi connectivity index (χ2v) is 8.78. The molecule has 35 heavy (non-hydrogen) atoms. The molecule has 10 nitrogen and oxygen atoms in total. The molecule has 1 aliphatic rings. The molecule has 5 rings (SSSR count). The first-order valence-corrected chi connectivity index (χ1v) is 11.6. The van der Waals surface area contributed by atoms with Gasteiger partial charge in [0.25, 0.3) is 5.91 Å². The Kier molecular flexibility index (Phi) is 6.23. The van der Waals surface area contributed by atoms with Crippen LogP contribution in [-0.4, -0.2) is 62.0 Å². The normalized spacial score (nSPS) is 15.6. The van der Waals surface area contributed by atoms with Crippen LogP contribution >= 0.6 is 0 Å².